The van der Waals surface area contributed by atoms with Gasteiger partial charge >= 0.3 is 5.97 Å². The highest BCUT2D eigenvalue weighted by Crippen LogP contribution is 2.24. The minimum atomic E-state index is -1.26. The number of pyridine rings is 1. The molecule has 0 amide bonds. The number of rotatable bonds is 6. The van der Waals surface area contributed by atoms with Gasteiger partial charge in [-0.25, -0.2) is 9.78 Å². The van der Waals surface area contributed by atoms with E-state index < -0.39 is 18.2 Å². The molecule has 0 aliphatic carbocycles. The van der Waals surface area contributed by atoms with Gasteiger partial charge < -0.3 is 26.4 Å². The molecule has 0 aliphatic rings. The van der Waals surface area contributed by atoms with E-state index in [1.807, 2.05) is 0 Å². The topological polar surface area (TPSA) is 129 Å². The molecule has 0 aromatic carbocycles. The van der Waals surface area contributed by atoms with Crippen molar-refractivity contribution in [3.8, 4) is 0 Å². The van der Waals surface area contributed by atoms with Crippen molar-refractivity contribution in [3.63, 3.8) is 0 Å². The van der Waals surface area contributed by atoms with E-state index >= 15 is 0 Å². The number of aromatic nitrogens is 1. The second-order valence-corrected chi connectivity index (χ2v) is 3.91. The average molecular weight is 255 g/mol. The van der Waals surface area contributed by atoms with E-state index in [0.29, 0.717) is 13.0 Å². The highest BCUT2D eigenvalue weighted by molar-refractivity contribution is 5.87. The van der Waals surface area contributed by atoms with Crippen LogP contribution in [0.3, 0.4) is 0 Å². The molecule has 7 heteroatoms. The number of nitrogen functional groups attached to an aromatic ring is 1. The van der Waals surface area contributed by atoms with E-state index in [-0.39, 0.29) is 16.9 Å². The molecular formula is C11H17N3O4. The molecule has 1 aromatic rings. The number of aliphatic hydroxyl groups excluding tert-OH is 2. The highest BCUT2D eigenvalue weighted by atomic mass is 16.4. The number of carboxylic acid groups (broad SMARTS) is 1. The number of nitrogens with zero attached hydrogens (tertiary/aromatic N) is 1. The summed E-state index contributed by atoms with van der Waals surface area (Å²) in [6.07, 6.45) is -0.877. The lowest BCUT2D eigenvalue weighted by atomic mass is 10.0. The van der Waals surface area contributed by atoms with Crippen molar-refractivity contribution in [1.29, 1.82) is 0 Å². The van der Waals surface area contributed by atoms with E-state index in [4.69, 9.17) is 10.8 Å². The Kier molecular flexibility index (Phi) is 5.02. The Balaban J connectivity index is 2.93. The van der Waals surface area contributed by atoms with E-state index in [9.17, 15) is 15.0 Å². The molecule has 1 rings (SSSR count). The van der Waals surface area contributed by atoms with Crippen molar-refractivity contribution in [1.82, 2.24) is 10.3 Å². The number of anilines is 1. The Hall–Kier alpha value is -1.70. The first-order valence-electron chi connectivity index (χ1n) is 5.46. The third-order valence-electron chi connectivity index (χ3n) is 2.57. The molecule has 2 atom stereocenters. The maximum atomic E-state index is 10.8. The van der Waals surface area contributed by atoms with E-state index in [2.05, 4.69) is 10.3 Å². The van der Waals surface area contributed by atoms with Gasteiger partial charge in [0, 0.05) is 11.8 Å². The quantitative estimate of drug-likeness (QED) is 0.457. The van der Waals surface area contributed by atoms with Crippen molar-refractivity contribution in [2.45, 2.75) is 18.6 Å². The molecule has 2 unspecified atom stereocenters. The first kappa shape index (κ1) is 14.4. The summed E-state index contributed by atoms with van der Waals surface area (Å²) in [4.78, 5) is 14.5. The predicted molar refractivity (Wildman–Crippen MR) is 65.1 cm³/mol. The van der Waals surface area contributed by atoms with Crippen LogP contribution in [0.1, 0.15) is 28.4 Å². The zero-order chi connectivity index (χ0) is 13.7. The second-order valence-electron chi connectivity index (χ2n) is 3.91. The number of aromatic carboxylic acids is 1. The van der Waals surface area contributed by atoms with Gasteiger partial charge in [0.05, 0.1) is 11.7 Å². The van der Waals surface area contributed by atoms with Gasteiger partial charge in [-0.15, -0.1) is 0 Å². The molecule has 100 valence electrons. The predicted octanol–water partition coefficient (Wildman–Crippen LogP) is -0.634. The molecule has 1 heterocycles. The zero-order valence-electron chi connectivity index (χ0n) is 10.00. The van der Waals surface area contributed by atoms with Gasteiger partial charge in [-0.05, 0) is 26.1 Å². The smallest absolute Gasteiger partial charge is 0.337 e. The lowest BCUT2D eigenvalue weighted by molar-refractivity contribution is 0.0142. The normalized spacial score (nSPS) is 14.2. The summed E-state index contributed by atoms with van der Waals surface area (Å²) >= 11 is 0. The van der Waals surface area contributed by atoms with Crippen LogP contribution in [0.5, 0.6) is 0 Å². The Bertz CT molecular complexity index is 425. The maximum Gasteiger partial charge on any atom is 0.337 e. The molecule has 7 nitrogen and oxygen atoms in total. The van der Waals surface area contributed by atoms with E-state index in [1.54, 1.807) is 7.05 Å². The SMILES string of the molecule is CNCCC(O)C(O)c1cc(C(=O)O)cnc1N. The van der Waals surface area contributed by atoms with Crippen LogP contribution in [0.4, 0.5) is 5.82 Å². The number of carboxylic acids is 1. The van der Waals surface area contributed by atoms with Gasteiger partial charge in [0.1, 0.15) is 11.9 Å². The third-order valence-corrected chi connectivity index (χ3v) is 2.57. The summed E-state index contributed by atoms with van der Waals surface area (Å²) < 4.78 is 0. The Morgan fingerprint density at radius 1 is 1.56 bits per heavy atom. The van der Waals surface area contributed by atoms with E-state index in [0.717, 1.165) is 6.20 Å². The van der Waals surface area contributed by atoms with Gasteiger partial charge in [0.2, 0.25) is 0 Å². The summed E-state index contributed by atoms with van der Waals surface area (Å²) in [6, 6.07) is 1.22. The molecule has 0 radical (unpaired) electrons. The number of carbonyl (C=O) groups is 1. The Morgan fingerprint density at radius 3 is 2.78 bits per heavy atom. The highest BCUT2D eigenvalue weighted by Gasteiger charge is 2.22. The molecule has 0 aliphatic heterocycles. The van der Waals surface area contributed by atoms with Crippen LogP contribution in [0.25, 0.3) is 0 Å². The van der Waals surface area contributed by atoms with Crippen molar-refractivity contribution in [2.24, 2.45) is 0 Å². The van der Waals surface area contributed by atoms with Crippen LogP contribution in [-0.2, 0) is 0 Å². The van der Waals surface area contributed by atoms with Crippen LogP contribution >= 0.6 is 0 Å². The van der Waals surface area contributed by atoms with E-state index in [1.165, 1.54) is 6.07 Å². The first-order valence-corrected chi connectivity index (χ1v) is 5.46. The Labute approximate surface area is 104 Å². The number of hydrogen-bond donors (Lipinski definition) is 5. The van der Waals surface area contributed by atoms with Gasteiger partial charge in [0.25, 0.3) is 0 Å². The second kappa shape index (κ2) is 6.29. The average Bonchev–Trinajstić information content (AvgIpc) is 2.35. The maximum absolute atomic E-state index is 10.8. The van der Waals surface area contributed by atoms with Crippen LogP contribution in [0.2, 0.25) is 0 Å². The standard InChI is InChI=1S/C11H17N3O4/c1-13-3-2-8(15)9(16)7-4-6(11(17)18)5-14-10(7)12/h4-5,8-9,13,15-16H,2-3H2,1H3,(H2,12,14)(H,17,18). The van der Waals surface area contributed by atoms with Crippen molar-refractivity contribution < 1.29 is 20.1 Å². The molecule has 18 heavy (non-hydrogen) atoms. The number of aliphatic hydroxyl groups is 2. The van der Waals surface area contributed by atoms with Crippen molar-refractivity contribution >= 4 is 11.8 Å². The molecule has 0 fully saturated rings. The zero-order valence-corrected chi connectivity index (χ0v) is 10.00. The fourth-order valence-corrected chi connectivity index (χ4v) is 1.50. The van der Waals surface area contributed by atoms with Crippen molar-refractivity contribution in [3.05, 3.63) is 23.4 Å². The minimum Gasteiger partial charge on any atom is -0.478 e. The first-order chi connectivity index (χ1) is 8.47. The molecule has 0 spiro atoms. The third kappa shape index (κ3) is 3.39. The van der Waals surface area contributed by atoms with Gasteiger partial charge in [-0.1, -0.05) is 0 Å². The minimum absolute atomic E-state index is 0.0102. The van der Waals surface area contributed by atoms with Crippen LogP contribution in [0.15, 0.2) is 12.3 Å². The Morgan fingerprint density at radius 2 is 2.22 bits per heavy atom. The molecule has 0 bridgehead atoms. The summed E-state index contributed by atoms with van der Waals surface area (Å²) in [7, 11) is 1.72. The summed E-state index contributed by atoms with van der Waals surface area (Å²) in [5.74, 6) is -1.16. The molecule has 0 saturated carbocycles. The van der Waals surface area contributed by atoms with Crippen LogP contribution in [-0.4, -0.2) is 46.0 Å². The molecule has 1 aromatic heterocycles. The van der Waals surface area contributed by atoms with Gasteiger partial charge in [-0.3, -0.25) is 0 Å². The van der Waals surface area contributed by atoms with Gasteiger partial charge in [-0.2, -0.15) is 0 Å². The number of nitrogens with two attached hydrogens (primary N) is 1. The molecular weight excluding hydrogens is 238 g/mol. The molecule has 6 N–H and O–H groups in total. The summed E-state index contributed by atoms with van der Waals surface area (Å²) in [5, 5.41) is 31.3. The van der Waals surface area contributed by atoms with Gasteiger partial charge in [0.15, 0.2) is 0 Å². The summed E-state index contributed by atoms with van der Waals surface area (Å²) in [6.45, 7) is 0.518. The fraction of sp³-hybridized carbons (Fsp3) is 0.455. The largest absolute Gasteiger partial charge is 0.478 e. The lowest BCUT2D eigenvalue weighted by Crippen LogP contribution is -2.24. The lowest BCUT2D eigenvalue weighted by Gasteiger charge is -2.19. The summed E-state index contributed by atoms with van der Waals surface area (Å²) in [5.41, 5.74) is 5.61. The fourth-order valence-electron chi connectivity index (χ4n) is 1.50. The number of hydrogen-bond acceptors (Lipinski definition) is 6. The van der Waals surface area contributed by atoms with Crippen LogP contribution < -0.4 is 11.1 Å². The number of nitrogens with one attached hydrogen (secondary N) is 1. The monoisotopic (exact) mass is 255 g/mol. The van der Waals surface area contributed by atoms with Crippen molar-refractivity contribution in [2.75, 3.05) is 19.3 Å². The molecule has 0 saturated heterocycles. The van der Waals surface area contributed by atoms with Crippen LogP contribution in [0, 0.1) is 0 Å².